The lowest BCUT2D eigenvalue weighted by Crippen LogP contribution is -2.18. The van der Waals surface area contributed by atoms with Gasteiger partial charge < -0.3 is 5.32 Å². The first-order chi connectivity index (χ1) is 8.55. The van der Waals surface area contributed by atoms with Gasteiger partial charge in [-0.25, -0.2) is 8.42 Å². The van der Waals surface area contributed by atoms with Gasteiger partial charge in [0.05, 0.1) is 23.2 Å². The Labute approximate surface area is 105 Å². The molecule has 18 heavy (non-hydrogen) atoms. The van der Waals surface area contributed by atoms with Crippen LogP contribution in [0.4, 0.5) is 5.69 Å². The summed E-state index contributed by atoms with van der Waals surface area (Å²) in [7, 11) is -2.97. The van der Waals surface area contributed by atoms with Crippen LogP contribution in [-0.4, -0.2) is 37.6 Å². The van der Waals surface area contributed by atoms with Crippen molar-refractivity contribution in [3.05, 3.63) is 29.8 Å². The molecule has 94 valence electrons. The summed E-state index contributed by atoms with van der Waals surface area (Å²) in [6.07, 6.45) is 0.501. The van der Waals surface area contributed by atoms with Crippen molar-refractivity contribution in [1.82, 2.24) is 0 Å². The summed E-state index contributed by atoms with van der Waals surface area (Å²) in [6.45, 7) is 0. The largest absolute Gasteiger partial charge is 0.320 e. The van der Waals surface area contributed by atoms with Gasteiger partial charge in [-0.1, -0.05) is 18.2 Å². The quantitative estimate of drug-likeness (QED) is 0.807. The van der Waals surface area contributed by atoms with Crippen LogP contribution in [-0.2, 0) is 14.6 Å². The Balaban J connectivity index is 1.96. The number of rotatable bonds is 1. The molecule has 1 saturated heterocycles. The van der Waals surface area contributed by atoms with Gasteiger partial charge in [-0.05, 0) is 12.5 Å². The van der Waals surface area contributed by atoms with Gasteiger partial charge in [-0.2, -0.15) is 0 Å². The molecule has 2 aliphatic rings. The molecule has 0 radical (unpaired) electrons. The number of carbonyl (C=O) groups is 1. The summed E-state index contributed by atoms with van der Waals surface area (Å²) in [6, 6.07) is 7.00. The number of nitrogens with zero attached hydrogens (tertiary/aromatic N) is 1. The third kappa shape index (κ3) is 1.92. The number of sulfone groups is 1. The zero-order valence-electron chi connectivity index (χ0n) is 9.59. The average Bonchev–Trinajstić information content (AvgIpc) is 2.81. The van der Waals surface area contributed by atoms with E-state index < -0.39 is 9.84 Å². The zero-order valence-corrected chi connectivity index (χ0v) is 10.4. The smallest absolute Gasteiger partial charge is 0.274 e. The fraction of sp³-hybridized carbons (Fsp3) is 0.333. The van der Waals surface area contributed by atoms with Crippen molar-refractivity contribution >= 4 is 27.1 Å². The van der Waals surface area contributed by atoms with Gasteiger partial charge in [0.25, 0.3) is 5.91 Å². The third-order valence-corrected chi connectivity index (χ3v) is 4.92. The predicted molar refractivity (Wildman–Crippen MR) is 68.7 cm³/mol. The van der Waals surface area contributed by atoms with Crippen LogP contribution in [0.2, 0.25) is 0 Å². The molecule has 0 saturated carbocycles. The van der Waals surface area contributed by atoms with E-state index in [2.05, 4.69) is 10.3 Å². The number of amides is 1. The van der Waals surface area contributed by atoms with Crippen LogP contribution < -0.4 is 5.32 Å². The SMILES string of the molecule is O=C1Nc2ccccc2C1=N[C@H]1CCS(=O)(=O)C1. The molecule has 0 aromatic heterocycles. The van der Waals surface area contributed by atoms with Gasteiger partial charge >= 0.3 is 0 Å². The minimum absolute atomic E-state index is 0.0476. The topological polar surface area (TPSA) is 75.6 Å². The van der Waals surface area contributed by atoms with Crippen LogP contribution in [0.25, 0.3) is 0 Å². The van der Waals surface area contributed by atoms with E-state index in [1.807, 2.05) is 18.2 Å². The van der Waals surface area contributed by atoms with Gasteiger partial charge in [-0.3, -0.25) is 9.79 Å². The monoisotopic (exact) mass is 264 g/mol. The van der Waals surface area contributed by atoms with Crippen molar-refractivity contribution in [2.24, 2.45) is 4.99 Å². The molecular weight excluding hydrogens is 252 g/mol. The molecule has 1 aromatic rings. The summed E-state index contributed by atoms with van der Waals surface area (Å²) in [5, 5.41) is 2.72. The molecule has 1 amide bonds. The van der Waals surface area contributed by atoms with Gasteiger partial charge in [0.2, 0.25) is 0 Å². The summed E-state index contributed by atoms with van der Waals surface area (Å²) in [5.41, 5.74) is 1.85. The lowest BCUT2D eigenvalue weighted by atomic mass is 10.1. The molecule has 3 rings (SSSR count). The lowest BCUT2D eigenvalue weighted by molar-refractivity contribution is -0.110. The van der Waals surface area contributed by atoms with Crippen molar-refractivity contribution in [2.75, 3.05) is 16.8 Å². The number of nitrogens with one attached hydrogen (secondary N) is 1. The standard InChI is InChI=1S/C12H12N2O3S/c15-12-11(9-3-1-2-4-10(9)14-12)13-8-5-6-18(16,17)7-8/h1-4,8H,5-7H2,(H,13,14,15)/t8-/m0/s1. The molecule has 0 unspecified atom stereocenters. The van der Waals surface area contributed by atoms with Gasteiger partial charge in [0.1, 0.15) is 5.71 Å². The Bertz CT molecular complexity index is 649. The molecule has 0 aliphatic carbocycles. The molecule has 2 aliphatic heterocycles. The molecule has 1 fully saturated rings. The minimum atomic E-state index is -2.97. The number of benzene rings is 1. The molecule has 6 heteroatoms. The summed E-state index contributed by atoms with van der Waals surface area (Å²) >= 11 is 0. The first kappa shape index (κ1) is 11.4. The second-order valence-electron chi connectivity index (χ2n) is 4.53. The second kappa shape index (κ2) is 3.91. The number of hydrogen-bond donors (Lipinski definition) is 1. The normalized spacial score (nSPS) is 27.2. The van der Waals surface area contributed by atoms with E-state index in [0.29, 0.717) is 12.1 Å². The molecular formula is C12H12N2O3S. The van der Waals surface area contributed by atoms with E-state index in [1.54, 1.807) is 6.07 Å². The Morgan fingerprint density at radius 1 is 1.28 bits per heavy atom. The van der Waals surface area contributed by atoms with Crippen LogP contribution in [0.15, 0.2) is 29.3 Å². The predicted octanol–water partition coefficient (Wildman–Crippen LogP) is 0.615. The Morgan fingerprint density at radius 2 is 2.06 bits per heavy atom. The van der Waals surface area contributed by atoms with Crippen molar-refractivity contribution in [3.63, 3.8) is 0 Å². The van der Waals surface area contributed by atoms with Crippen molar-refractivity contribution < 1.29 is 13.2 Å². The number of anilines is 1. The highest BCUT2D eigenvalue weighted by atomic mass is 32.2. The van der Waals surface area contributed by atoms with E-state index >= 15 is 0 Å². The molecule has 0 bridgehead atoms. The van der Waals surface area contributed by atoms with Crippen LogP contribution in [0, 0.1) is 0 Å². The Morgan fingerprint density at radius 3 is 2.78 bits per heavy atom. The number of hydrogen-bond acceptors (Lipinski definition) is 4. The first-order valence-corrected chi connectivity index (χ1v) is 7.56. The Hall–Kier alpha value is -1.69. The maximum atomic E-state index is 11.8. The fourth-order valence-corrected chi connectivity index (χ4v) is 3.92. The fourth-order valence-electron chi connectivity index (χ4n) is 2.29. The molecule has 5 nitrogen and oxygen atoms in total. The van der Waals surface area contributed by atoms with Gasteiger partial charge in [0, 0.05) is 5.56 Å². The van der Waals surface area contributed by atoms with E-state index in [9.17, 15) is 13.2 Å². The highest BCUT2D eigenvalue weighted by Crippen LogP contribution is 2.24. The van der Waals surface area contributed by atoms with E-state index in [1.165, 1.54) is 0 Å². The van der Waals surface area contributed by atoms with Gasteiger partial charge in [-0.15, -0.1) is 0 Å². The number of fused-ring (bicyclic) bond motifs is 1. The van der Waals surface area contributed by atoms with Crippen LogP contribution in [0.1, 0.15) is 12.0 Å². The summed E-state index contributed by atoms with van der Waals surface area (Å²) in [5.74, 6) is -0.0376. The average molecular weight is 264 g/mol. The van der Waals surface area contributed by atoms with Gasteiger partial charge in [0.15, 0.2) is 9.84 Å². The third-order valence-electron chi connectivity index (χ3n) is 3.17. The van der Waals surface area contributed by atoms with Crippen molar-refractivity contribution in [3.8, 4) is 0 Å². The highest BCUT2D eigenvalue weighted by molar-refractivity contribution is 7.91. The molecule has 1 aromatic carbocycles. The highest BCUT2D eigenvalue weighted by Gasteiger charge is 2.31. The van der Waals surface area contributed by atoms with Crippen molar-refractivity contribution in [2.45, 2.75) is 12.5 Å². The van der Waals surface area contributed by atoms with E-state index in [-0.39, 0.29) is 23.5 Å². The van der Waals surface area contributed by atoms with Crippen LogP contribution >= 0.6 is 0 Å². The second-order valence-corrected chi connectivity index (χ2v) is 6.76. The van der Waals surface area contributed by atoms with E-state index in [4.69, 9.17) is 0 Å². The van der Waals surface area contributed by atoms with E-state index in [0.717, 1.165) is 11.3 Å². The molecule has 0 spiro atoms. The molecule has 1 atom stereocenters. The van der Waals surface area contributed by atoms with Crippen LogP contribution in [0.5, 0.6) is 0 Å². The lowest BCUT2D eigenvalue weighted by Gasteiger charge is -2.02. The molecule has 2 heterocycles. The van der Waals surface area contributed by atoms with Crippen molar-refractivity contribution in [1.29, 1.82) is 0 Å². The first-order valence-electron chi connectivity index (χ1n) is 5.74. The van der Waals surface area contributed by atoms with Crippen LogP contribution in [0.3, 0.4) is 0 Å². The number of aliphatic imine (C=N–C) groups is 1. The molecule has 1 N–H and O–H groups in total. The maximum Gasteiger partial charge on any atom is 0.274 e. The Kier molecular flexibility index (Phi) is 2.48. The zero-order chi connectivity index (χ0) is 12.8. The maximum absolute atomic E-state index is 11.8. The number of para-hydroxylation sites is 1. The number of carbonyl (C=O) groups excluding carboxylic acids is 1. The summed E-state index contributed by atoms with van der Waals surface area (Å²) < 4.78 is 22.7. The minimum Gasteiger partial charge on any atom is -0.320 e. The summed E-state index contributed by atoms with van der Waals surface area (Å²) in [4.78, 5) is 16.1.